The molecule has 2 aromatic carbocycles. The molecule has 1 unspecified atom stereocenters. The van der Waals surface area contributed by atoms with Crippen molar-refractivity contribution in [2.45, 2.75) is 33.1 Å². The topological polar surface area (TPSA) is 21.3 Å². The van der Waals surface area contributed by atoms with Crippen LogP contribution in [0.15, 0.2) is 36.4 Å². The normalized spacial score (nSPS) is 15.2. The SMILES string of the molecule is CNC(c1ccc2c(c1)COC2)c1ccc(C)cc1C. The van der Waals surface area contributed by atoms with Gasteiger partial charge in [0.1, 0.15) is 0 Å². The first-order valence-corrected chi connectivity index (χ1v) is 7.13. The molecule has 0 aromatic heterocycles. The summed E-state index contributed by atoms with van der Waals surface area (Å²) in [6.45, 7) is 5.82. The van der Waals surface area contributed by atoms with Crippen molar-refractivity contribution in [3.8, 4) is 0 Å². The van der Waals surface area contributed by atoms with E-state index in [0.717, 1.165) is 13.2 Å². The lowest BCUT2D eigenvalue weighted by Gasteiger charge is -2.20. The van der Waals surface area contributed by atoms with Gasteiger partial charge in [-0.15, -0.1) is 0 Å². The van der Waals surface area contributed by atoms with Gasteiger partial charge in [0.2, 0.25) is 0 Å². The molecule has 2 heteroatoms. The van der Waals surface area contributed by atoms with Crippen LogP contribution in [0.2, 0.25) is 0 Å². The van der Waals surface area contributed by atoms with Crippen LogP contribution in [0, 0.1) is 13.8 Å². The second-order valence-electron chi connectivity index (χ2n) is 5.60. The molecule has 1 aliphatic heterocycles. The fourth-order valence-electron chi connectivity index (χ4n) is 3.02. The predicted molar refractivity (Wildman–Crippen MR) is 81.8 cm³/mol. The van der Waals surface area contributed by atoms with Crippen molar-refractivity contribution in [1.82, 2.24) is 5.32 Å². The number of hydrogen-bond donors (Lipinski definition) is 1. The number of hydrogen-bond acceptors (Lipinski definition) is 2. The highest BCUT2D eigenvalue weighted by Crippen LogP contribution is 2.29. The molecule has 1 aliphatic rings. The number of nitrogens with one attached hydrogen (secondary N) is 1. The van der Waals surface area contributed by atoms with Gasteiger partial charge >= 0.3 is 0 Å². The summed E-state index contributed by atoms with van der Waals surface area (Å²) in [6.07, 6.45) is 0. The summed E-state index contributed by atoms with van der Waals surface area (Å²) in [7, 11) is 2.02. The summed E-state index contributed by atoms with van der Waals surface area (Å²) in [5, 5.41) is 3.45. The fourth-order valence-corrected chi connectivity index (χ4v) is 3.02. The predicted octanol–water partition coefficient (Wildman–Crippen LogP) is 3.64. The Kier molecular flexibility index (Phi) is 3.60. The zero-order chi connectivity index (χ0) is 14.1. The van der Waals surface area contributed by atoms with E-state index < -0.39 is 0 Å². The lowest BCUT2D eigenvalue weighted by atomic mass is 9.92. The number of benzene rings is 2. The highest BCUT2D eigenvalue weighted by Gasteiger charge is 2.18. The fraction of sp³-hybridized carbons (Fsp3) is 0.333. The molecule has 2 aromatic rings. The maximum absolute atomic E-state index is 5.51. The van der Waals surface area contributed by atoms with Crippen molar-refractivity contribution >= 4 is 0 Å². The van der Waals surface area contributed by atoms with E-state index >= 15 is 0 Å². The highest BCUT2D eigenvalue weighted by atomic mass is 16.5. The Bertz CT molecular complexity index is 633. The van der Waals surface area contributed by atoms with E-state index in [4.69, 9.17) is 4.74 Å². The third kappa shape index (κ3) is 2.37. The van der Waals surface area contributed by atoms with Crippen LogP contribution in [0.1, 0.15) is 39.4 Å². The molecule has 20 heavy (non-hydrogen) atoms. The van der Waals surface area contributed by atoms with Crippen LogP contribution in [0.25, 0.3) is 0 Å². The second kappa shape index (κ2) is 5.39. The Morgan fingerprint density at radius 1 is 1.00 bits per heavy atom. The summed E-state index contributed by atoms with van der Waals surface area (Å²) < 4.78 is 5.51. The van der Waals surface area contributed by atoms with Crippen molar-refractivity contribution in [3.63, 3.8) is 0 Å². The van der Waals surface area contributed by atoms with Gasteiger partial charge < -0.3 is 10.1 Å². The summed E-state index contributed by atoms with van der Waals surface area (Å²) in [5.74, 6) is 0. The Labute approximate surface area is 120 Å². The van der Waals surface area contributed by atoms with E-state index in [1.807, 2.05) is 7.05 Å². The molecule has 104 valence electrons. The van der Waals surface area contributed by atoms with Gasteiger partial charge in [0.15, 0.2) is 0 Å². The van der Waals surface area contributed by atoms with Crippen molar-refractivity contribution in [2.75, 3.05) is 7.05 Å². The summed E-state index contributed by atoms with van der Waals surface area (Å²) in [4.78, 5) is 0. The zero-order valence-corrected chi connectivity index (χ0v) is 12.4. The van der Waals surface area contributed by atoms with E-state index in [1.165, 1.54) is 33.4 Å². The van der Waals surface area contributed by atoms with E-state index in [1.54, 1.807) is 0 Å². The third-order valence-electron chi connectivity index (χ3n) is 4.10. The van der Waals surface area contributed by atoms with Gasteiger partial charge in [-0.3, -0.25) is 0 Å². The summed E-state index contributed by atoms with van der Waals surface area (Å²) in [6, 6.07) is 13.6. The van der Waals surface area contributed by atoms with Crippen molar-refractivity contribution in [3.05, 3.63) is 69.8 Å². The lowest BCUT2D eigenvalue weighted by molar-refractivity contribution is 0.134. The highest BCUT2D eigenvalue weighted by molar-refractivity contribution is 5.42. The van der Waals surface area contributed by atoms with Crippen molar-refractivity contribution < 1.29 is 4.74 Å². The Morgan fingerprint density at radius 2 is 1.80 bits per heavy atom. The molecule has 2 nitrogen and oxygen atoms in total. The molecule has 1 heterocycles. The molecular formula is C18H21NO. The molecule has 0 fully saturated rings. The van der Waals surface area contributed by atoms with Gasteiger partial charge in [0.25, 0.3) is 0 Å². The minimum Gasteiger partial charge on any atom is -0.372 e. The molecule has 0 saturated heterocycles. The molecule has 0 aliphatic carbocycles. The van der Waals surface area contributed by atoms with Crippen LogP contribution in [0.5, 0.6) is 0 Å². The first-order valence-electron chi connectivity index (χ1n) is 7.13. The Hall–Kier alpha value is -1.64. The standard InChI is InChI=1S/C18H21NO/c1-12-4-7-17(13(2)8-12)18(19-3)14-5-6-15-10-20-11-16(15)9-14/h4-9,18-19H,10-11H2,1-3H3. The largest absolute Gasteiger partial charge is 0.372 e. The van der Waals surface area contributed by atoms with Crippen LogP contribution in [0.3, 0.4) is 0 Å². The Balaban J connectivity index is 2.01. The van der Waals surface area contributed by atoms with Crippen LogP contribution >= 0.6 is 0 Å². The molecule has 0 radical (unpaired) electrons. The number of ether oxygens (including phenoxy) is 1. The number of rotatable bonds is 3. The van der Waals surface area contributed by atoms with E-state index in [0.29, 0.717) is 0 Å². The number of fused-ring (bicyclic) bond motifs is 1. The van der Waals surface area contributed by atoms with Crippen LogP contribution < -0.4 is 5.32 Å². The maximum atomic E-state index is 5.51. The molecule has 1 N–H and O–H groups in total. The van der Waals surface area contributed by atoms with Gasteiger partial charge in [-0.05, 0) is 48.7 Å². The molecular weight excluding hydrogens is 246 g/mol. The average molecular weight is 267 g/mol. The minimum atomic E-state index is 0.237. The van der Waals surface area contributed by atoms with E-state index in [9.17, 15) is 0 Å². The molecule has 0 amide bonds. The molecule has 0 spiro atoms. The minimum absolute atomic E-state index is 0.237. The van der Waals surface area contributed by atoms with Crippen LogP contribution in [0.4, 0.5) is 0 Å². The third-order valence-corrected chi connectivity index (χ3v) is 4.10. The summed E-state index contributed by atoms with van der Waals surface area (Å²) >= 11 is 0. The van der Waals surface area contributed by atoms with Gasteiger partial charge in [0.05, 0.1) is 19.3 Å². The van der Waals surface area contributed by atoms with Crippen LogP contribution in [-0.4, -0.2) is 7.05 Å². The molecule has 0 bridgehead atoms. The molecule has 1 atom stereocenters. The average Bonchev–Trinajstić information content (AvgIpc) is 2.89. The molecule has 3 rings (SSSR count). The van der Waals surface area contributed by atoms with Crippen LogP contribution in [-0.2, 0) is 18.0 Å². The second-order valence-corrected chi connectivity index (χ2v) is 5.60. The lowest BCUT2D eigenvalue weighted by Crippen LogP contribution is -2.19. The van der Waals surface area contributed by atoms with E-state index in [2.05, 4.69) is 55.6 Å². The van der Waals surface area contributed by atoms with Crippen molar-refractivity contribution in [1.29, 1.82) is 0 Å². The maximum Gasteiger partial charge on any atom is 0.0725 e. The van der Waals surface area contributed by atoms with Gasteiger partial charge in [-0.25, -0.2) is 0 Å². The molecule has 0 saturated carbocycles. The monoisotopic (exact) mass is 267 g/mol. The first kappa shape index (κ1) is 13.3. The quantitative estimate of drug-likeness (QED) is 0.916. The number of aryl methyl sites for hydroxylation is 2. The van der Waals surface area contributed by atoms with E-state index in [-0.39, 0.29) is 6.04 Å². The smallest absolute Gasteiger partial charge is 0.0725 e. The van der Waals surface area contributed by atoms with Gasteiger partial charge in [-0.1, -0.05) is 42.0 Å². The van der Waals surface area contributed by atoms with Gasteiger partial charge in [-0.2, -0.15) is 0 Å². The summed E-state index contributed by atoms with van der Waals surface area (Å²) in [5.41, 5.74) is 7.95. The van der Waals surface area contributed by atoms with Gasteiger partial charge in [0, 0.05) is 0 Å². The van der Waals surface area contributed by atoms with Crippen molar-refractivity contribution in [2.24, 2.45) is 0 Å². The first-order chi connectivity index (χ1) is 9.69. The Morgan fingerprint density at radius 3 is 2.55 bits per heavy atom. The zero-order valence-electron chi connectivity index (χ0n) is 12.4.